The summed E-state index contributed by atoms with van der Waals surface area (Å²) in [6.45, 7) is 3.27. The summed E-state index contributed by atoms with van der Waals surface area (Å²) in [5.41, 5.74) is 2.23. The van der Waals surface area contributed by atoms with Gasteiger partial charge in [0.2, 0.25) is 0 Å². The SMILES string of the molecule is C#CONC=C. The predicted molar refractivity (Wildman–Crippen MR) is 23.3 cm³/mol. The van der Waals surface area contributed by atoms with Gasteiger partial charge in [-0.25, -0.2) is 5.48 Å². The number of hydrogen-bond donors (Lipinski definition) is 1. The first-order valence-electron chi connectivity index (χ1n) is 1.39. The zero-order valence-corrected chi connectivity index (χ0v) is 3.27. The van der Waals surface area contributed by atoms with E-state index >= 15 is 0 Å². The first kappa shape index (κ1) is 4.90. The number of terminal acetylenes is 1. The normalized spacial score (nSPS) is 5.17. The zero-order valence-electron chi connectivity index (χ0n) is 3.27. The lowest BCUT2D eigenvalue weighted by molar-refractivity contribution is 0.203. The van der Waals surface area contributed by atoms with Crippen molar-refractivity contribution in [2.75, 3.05) is 0 Å². The van der Waals surface area contributed by atoms with Crippen LogP contribution in [0.2, 0.25) is 0 Å². The summed E-state index contributed by atoms with van der Waals surface area (Å²) in [6, 6.07) is 0. The maximum Gasteiger partial charge on any atom is 0.142 e. The molecule has 0 amide bonds. The van der Waals surface area contributed by atoms with E-state index in [1.54, 1.807) is 0 Å². The van der Waals surface area contributed by atoms with Crippen LogP contribution in [0.5, 0.6) is 0 Å². The molecule has 0 aliphatic carbocycles. The lowest BCUT2D eigenvalue weighted by atomic mass is 11.1. The molecule has 0 aromatic rings. The van der Waals surface area contributed by atoms with E-state index in [1.165, 1.54) is 6.20 Å². The largest absolute Gasteiger partial charge is 0.330 e. The summed E-state index contributed by atoms with van der Waals surface area (Å²) in [4.78, 5) is 4.14. The molecular weight excluding hydrogens is 78.0 g/mol. The summed E-state index contributed by atoms with van der Waals surface area (Å²) < 4.78 is 0. The molecule has 6 heavy (non-hydrogen) atoms. The first-order chi connectivity index (χ1) is 2.91. The monoisotopic (exact) mass is 83.0 g/mol. The van der Waals surface area contributed by atoms with E-state index in [9.17, 15) is 0 Å². The van der Waals surface area contributed by atoms with Gasteiger partial charge in [-0.3, -0.25) is 0 Å². The predicted octanol–water partition coefficient (Wildman–Crippen LogP) is 0.242. The van der Waals surface area contributed by atoms with Crippen molar-refractivity contribution in [3.8, 4) is 12.5 Å². The topological polar surface area (TPSA) is 21.3 Å². The molecule has 2 nitrogen and oxygen atoms in total. The second-order valence-corrected chi connectivity index (χ2v) is 0.542. The third-order valence-electron chi connectivity index (χ3n) is 0.201. The van der Waals surface area contributed by atoms with E-state index in [1.807, 2.05) is 6.11 Å². The van der Waals surface area contributed by atoms with Gasteiger partial charge in [-0.05, 0) is 0 Å². The number of rotatable bonds is 2. The van der Waals surface area contributed by atoms with Gasteiger partial charge >= 0.3 is 0 Å². The molecule has 0 rings (SSSR count). The Bertz CT molecular complexity index is 72.1. The average Bonchev–Trinajstić information content (AvgIpc) is 1.61. The third kappa shape index (κ3) is 2.90. The summed E-state index contributed by atoms with van der Waals surface area (Å²) in [5.74, 6) is 0. The van der Waals surface area contributed by atoms with Crippen molar-refractivity contribution in [3.63, 3.8) is 0 Å². The standard InChI is InChI=1S/C4H5NO/c1-3-5-6-4-2/h2-3,5H,1H2. The highest BCUT2D eigenvalue weighted by Gasteiger charge is 1.55. The fraction of sp³-hybridized carbons (Fsp3) is 0. The second kappa shape index (κ2) is 3.90. The quantitative estimate of drug-likeness (QED) is 0.293. The Morgan fingerprint density at radius 2 is 2.67 bits per heavy atom. The van der Waals surface area contributed by atoms with E-state index in [4.69, 9.17) is 0 Å². The van der Waals surface area contributed by atoms with Crippen LogP contribution in [0.4, 0.5) is 0 Å². The summed E-state index contributed by atoms with van der Waals surface area (Å²) >= 11 is 0. The summed E-state index contributed by atoms with van der Waals surface area (Å²) in [5, 5.41) is 0. The van der Waals surface area contributed by atoms with Gasteiger partial charge in [0.05, 0.1) is 0 Å². The highest BCUT2D eigenvalue weighted by atomic mass is 16.6. The minimum absolute atomic E-state index is 1.35. The number of hydrogen-bond acceptors (Lipinski definition) is 2. The lowest BCUT2D eigenvalue weighted by Crippen LogP contribution is -1.97. The van der Waals surface area contributed by atoms with Gasteiger partial charge < -0.3 is 4.84 Å². The van der Waals surface area contributed by atoms with Crippen molar-refractivity contribution >= 4 is 0 Å². The van der Waals surface area contributed by atoms with Crippen LogP contribution in [0.3, 0.4) is 0 Å². The third-order valence-corrected chi connectivity index (χ3v) is 0.201. The van der Waals surface area contributed by atoms with Gasteiger partial charge in [0.25, 0.3) is 0 Å². The first-order valence-corrected chi connectivity index (χ1v) is 1.39. The Morgan fingerprint density at radius 3 is 2.83 bits per heavy atom. The molecule has 0 aromatic heterocycles. The van der Waals surface area contributed by atoms with Gasteiger partial charge in [0.15, 0.2) is 0 Å². The lowest BCUT2D eigenvalue weighted by Gasteiger charge is -1.86. The van der Waals surface area contributed by atoms with Gasteiger partial charge in [-0.2, -0.15) is 0 Å². The number of hydroxylamine groups is 1. The van der Waals surface area contributed by atoms with Gasteiger partial charge in [-0.15, -0.1) is 0 Å². The maximum absolute atomic E-state index is 4.63. The van der Waals surface area contributed by atoms with Crippen molar-refractivity contribution in [2.24, 2.45) is 0 Å². The van der Waals surface area contributed by atoms with Crippen molar-refractivity contribution in [2.45, 2.75) is 0 Å². The number of nitrogens with one attached hydrogen (secondary N) is 1. The van der Waals surface area contributed by atoms with Crippen LogP contribution >= 0.6 is 0 Å². The zero-order chi connectivity index (χ0) is 4.83. The van der Waals surface area contributed by atoms with E-state index in [-0.39, 0.29) is 0 Å². The van der Waals surface area contributed by atoms with Crippen LogP contribution in [0.1, 0.15) is 0 Å². The smallest absolute Gasteiger partial charge is 0.142 e. The molecule has 0 aliphatic rings. The molecule has 0 radical (unpaired) electrons. The molecule has 32 valence electrons. The highest BCUT2D eigenvalue weighted by molar-refractivity contribution is 4.68. The fourth-order valence-electron chi connectivity index (χ4n) is 0.0757. The van der Waals surface area contributed by atoms with E-state index in [0.717, 1.165) is 0 Å². The minimum Gasteiger partial charge on any atom is -0.330 e. The molecule has 0 unspecified atom stereocenters. The van der Waals surface area contributed by atoms with Crippen LogP contribution in [-0.2, 0) is 4.84 Å². The van der Waals surface area contributed by atoms with Crippen LogP contribution < -0.4 is 5.48 Å². The molecule has 0 saturated heterocycles. The Balaban J connectivity index is 2.72. The molecular formula is C4H5NO. The van der Waals surface area contributed by atoms with Gasteiger partial charge in [0, 0.05) is 6.20 Å². The summed E-state index contributed by atoms with van der Waals surface area (Å²) in [6.07, 6.45) is 7.87. The Hall–Kier alpha value is -1.10. The van der Waals surface area contributed by atoms with Crippen LogP contribution in [0.25, 0.3) is 0 Å². The van der Waals surface area contributed by atoms with Gasteiger partial charge in [0.1, 0.15) is 6.11 Å². The van der Waals surface area contributed by atoms with Crippen molar-refractivity contribution < 1.29 is 4.84 Å². The Morgan fingerprint density at radius 1 is 2.00 bits per heavy atom. The molecule has 0 aliphatic heterocycles. The molecule has 0 heterocycles. The van der Waals surface area contributed by atoms with E-state index in [0.29, 0.717) is 0 Å². The second-order valence-electron chi connectivity index (χ2n) is 0.542. The van der Waals surface area contributed by atoms with Crippen molar-refractivity contribution in [3.05, 3.63) is 12.8 Å². The highest BCUT2D eigenvalue weighted by Crippen LogP contribution is 1.52. The molecule has 1 N–H and O–H groups in total. The maximum atomic E-state index is 4.63. The van der Waals surface area contributed by atoms with Crippen LogP contribution in [-0.4, -0.2) is 0 Å². The molecule has 0 aromatic carbocycles. The summed E-state index contributed by atoms with van der Waals surface area (Å²) in [7, 11) is 0. The Kier molecular flexibility index (Phi) is 3.19. The minimum atomic E-state index is 1.35. The average molecular weight is 83.1 g/mol. The molecule has 2 heteroatoms. The molecule has 0 saturated carbocycles. The molecule has 0 atom stereocenters. The Labute approximate surface area is 36.8 Å². The van der Waals surface area contributed by atoms with Crippen molar-refractivity contribution in [1.82, 2.24) is 5.48 Å². The van der Waals surface area contributed by atoms with Gasteiger partial charge in [-0.1, -0.05) is 13.0 Å². The van der Waals surface area contributed by atoms with Crippen LogP contribution in [0.15, 0.2) is 12.8 Å². The van der Waals surface area contributed by atoms with Crippen LogP contribution in [0, 0.1) is 12.5 Å². The fourth-order valence-corrected chi connectivity index (χ4v) is 0.0757. The van der Waals surface area contributed by atoms with E-state index in [2.05, 4.69) is 23.3 Å². The van der Waals surface area contributed by atoms with E-state index < -0.39 is 0 Å². The molecule has 0 spiro atoms. The molecule has 0 fully saturated rings. The van der Waals surface area contributed by atoms with Crippen molar-refractivity contribution in [1.29, 1.82) is 0 Å². The molecule has 0 bridgehead atoms.